The lowest BCUT2D eigenvalue weighted by Gasteiger charge is -2.37. The maximum atomic E-state index is 6.86. The summed E-state index contributed by atoms with van der Waals surface area (Å²) in [7, 11) is -5.72. The fraction of sp³-hybridized carbons (Fsp3) is 0.143. The van der Waals surface area contributed by atoms with E-state index in [9.17, 15) is 0 Å². The first kappa shape index (κ1) is 74.0. The van der Waals surface area contributed by atoms with Crippen LogP contribution >= 0.6 is 0 Å². The standard InChI is InChI=1S/C112H96N2O2Si2/c1-71(2)103-69-105(113(85-45-59-97-95-21-11-13-23-107(95)115-109(97)67-85)83-41-37-79(38-42-83)81-17-15-19-93(65-81)117(87-47-25-73(5)26-48-87,88-49-27-74(6)28-50-88)89-51-29-75(7)30-52-89)101-64-62-100-104(72(3)4)70-106(102-63-61-99(103)111(101)112(100)102)114(86-46-60-98-96-22-12-14-24-108(96)116-110(98)68-86)84-43-39-80(40-44-84)82-18-16-20-94(66-82)118(90-53-31-76(8)32-54-90,91-55-33-77(9)34-56-91)92-57-35-78(10)36-58-92/h11-15,17,19-39,41-43,45-72H,16,18,40,44H2,1-10H3. The molecule has 16 aromatic carbocycles. The summed E-state index contributed by atoms with van der Waals surface area (Å²) in [6.45, 7) is 22.7. The van der Waals surface area contributed by atoms with Gasteiger partial charge in [-0.3, -0.25) is 0 Å². The van der Waals surface area contributed by atoms with Crippen molar-refractivity contribution in [1.82, 2.24) is 0 Å². The lowest BCUT2D eigenvalue weighted by atomic mass is 9.83. The number of hydrogen-bond acceptors (Lipinski definition) is 4. The summed E-state index contributed by atoms with van der Waals surface area (Å²) in [4.78, 5) is 5.12. The molecular formula is C112H96N2O2Si2. The third-order valence-electron chi connectivity index (χ3n) is 25.9. The third kappa shape index (κ3) is 12.5. The molecule has 2 aliphatic rings. The van der Waals surface area contributed by atoms with E-state index in [0.29, 0.717) is 0 Å². The molecule has 0 radical (unpaired) electrons. The third-order valence-corrected chi connectivity index (χ3v) is 35.5. The Bertz CT molecular complexity index is 6850. The van der Waals surface area contributed by atoms with Crippen LogP contribution in [0.3, 0.4) is 0 Å². The Morgan fingerprint density at radius 2 is 0.686 bits per heavy atom. The van der Waals surface area contributed by atoms with Gasteiger partial charge in [0.05, 0.1) is 11.4 Å². The predicted octanol–water partition coefficient (Wildman–Crippen LogP) is 26.1. The van der Waals surface area contributed by atoms with Gasteiger partial charge in [-0.15, -0.1) is 0 Å². The number of para-hydroxylation sites is 2. The van der Waals surface area contributed by atoms with E-state index in [1.54, 1.807) is 0 Å². The van der Waals surface area contributed by atoms with E-state index in [1.165, 1.54) is 141 Å². The van der Waals surface area contributed by atoms with E-state index < -0.39 is 16.1 Å². The zero-order chi connectivity index (χ0) is 80.2. The summed E-state index contributed by atoms with van der Waals surface area (Å²) in [6.07, 6.45) is 13.9. The first-order valence-corrected chi connectivity index (χ1v) is 46.2. The predicted molar refractivity (Wildman–Crippen MR) is 508 cm³/mol. The lowest BCUT2D eigenvalue weighted by molar-refractivity contribution is 0.668. The fourth-order valence-corrected chi connectivity index (χ4v) is 29.3. The van der Waals surface area contributed by atoms with Gasteiger partial charge in [0.15, 0.2) is 16.1 Å². The number of allylic oxidation sites excluding steroid dienone is 8. The summed E-state index contributed by atoms with van der Waals surface area (Å²) < 4.78 is 13.7. The van der Waals surface area contributed by atoms with Gasteiger partial charge < -0.3 is 18.6 Å². The lowest BCUT2D eigenvalue weighted by Crippen LogP contribution is -2.74. The molecule has 0 saturated carbocycles. The van der Waals surface area contributed by atoms with Crippen LogP contribution < -0.4 is 46.1 Å². The molecule has 2 aromatic heterocycles. The number of nitrogens with zero attached hydrogens (tertiary/aromatic N) is 2. The minimum absolute atomic E-state index is 0.176. The van der Waals surface area contributed by atoms with Crippen LogP contribution in [0.25, 0.3) is 87.3 Å². The molecule has 2 heterocycles. The summed E-state index contributed by atoms with van der Waals surface area (Å²) in [5, 5.41) is 23.1. The van der Waals surface area contributed by atoms with Crippen LogP contribution in [0, 0.1) is 41.5 Å². The summed E-state index contributed by atoms with van der Waals surface area (Å²) in [5.74, 6) is 0.363. The maximum Gasteiger partial charge on any atom is 0.179 e. The molecule has 0 fully saturated rings. The number of furan rings is 2. The van der Waals surface area contributed by atoms with Crippen LogP contribution in [0.2, 0.25) is 0 Å². The number of fused-ring (bicyclic) bond motifs is 6. The van der Waals surface area contributed by atoms with E-state index >= 15 is 0 Å². The molecule has 0 unspecified atom stereocenters. The van der Waals surface area contributed by atoms with Crippen LogP contribution in [-0.2, 0) is 0 Å². The first-order chi connectivity index (χ1) is 57.5. The highest BCUT2D eigenvalue weighted by Gasteiger charge is 2.45. The smallest absolute Gasteiger partial charge is 0.179 e. The van der Waals surface area contributed by atoms with Crippen LogP contribution in [0.4, 0.5) is 28.4 Å². The van der Waals surface area contributed by atoms with Gasteiger partial charge >= 0.3 is 0 Å². The van der Waals surface area contributed by atoms with Crippen LogP contribution in [0.1, 0.15) is 110 Å². The molecule has 574 valence electrons. The highest BCUT2D eigenvalue weighted by atomic mass is 28.3. The van der Waals surface area contributed by atoms with Crippen molar-refractivity contribution in [2.45, 2.75) is 107 Å². The second kappa shape index (κ2) is 29.7. The summed E-state index contributed by atoms with van der Waals surface area (Å²) >= 11 is 0. The summed E-state index contributed by atoms with van der Waals surface area (Å²) in [6, 6.07) is 121. The largest absolute Gasteiger partial charge is 0.456 e. The molecule has 6 heteroatoms. The average molecular weight is 1560 g/mol. The van der Waals surface area contributed by atoms with Crippen LogP contribution in [-0.4, -0.2) is 16.1 Å². The quantitative estimate of drug-likeness (QED) is 0.0487. The maximum absolute atomic E-state index is 6.86. The molecule has 18 aromatic rings. The normalized spacial score (nSPS) is 13.6. The SMILES string of the molecule is Cc1ccc([Si](C2=CCCC(C3=CC=C(N(c4ccc5c(c4)oc4ccccc45)c4cc(C(C)C)c5ccc6c(N(c7ccc(-c8cccc([Si](c9ccc(C)cc9)(c9ccc(C)cc9)c9ccc(C)cc9)c8)cc7)c7ccc8c(c7)oc7ccccc78)cc(C(C)C)c7ccc4c5c76)CC3)=C2)(c2ccc(C)cc2)c2ccc(C)cc2)cc1. The van der Waals surface area contributed by atoms with Crippen molar-refractivity contribution >= 4 is 157 Å². The first-order valence-electron chi connectivity index (χ1n) is 42.2. The van der Waals surface area contributed by atoms with Gasteiger partial charge in [0.25, 0.3) is 0 Å². The van der Waals surface area contributed by atoms with Gasteiger partial charge in [0.1, 0.15) is 22.3 Å². The second-order valence-corrected chi connectivity index (χ2v) is 41.7. The van der Waals surface area contributed by atoms with Crippen molar-refractivity contribution in [2.24, 2.45) is 0 Å². The zero-order valence-corrected chi connectivity index (χ0v) is 71.0. The second-order valence-electron chi connectivity index (χ2n) is 34.1. The Labute approximate surface area is 695 Å². The van der Waals surface area contributed by atoms with Crippen molar-refractivity contribution < 1.29 is 8.83 Å². The average Bonchev–Trinajstić information content (AvgIpc) is 1.07. The Balaban J connectivity index is 0.764. The van der Waals surface area contributed by atoms with Gasteiger partial charge in [-0.2, -0.15) is 0 Å². The minimum Gasteiger partial charge on any atom is -0.456 e. The van der Waals surface area contributed by atoms with Crippen molar-refractivity contribution in [2.75, 3.05) is 9.80 Å². The molecule has 0 saturated heterocycles. The number of aryl methyl sites for hydroxylation is 6. The Morgan fingerprint density at radius 1 is 0.288 bits per heavy atom. The van der Waals surface area contributed by atoms with E-state index in [-0.39, 0.29) is 11.8 Å². The molecule has 0 spiro atoms. The number of rotatable bonds is 18. The number of anilines is 5. The van der Waals surface area contributed by atoms with Gasteiger partial charge in [0, 0.05) is 67.2 Å². The molecule has 0 aliphatic heterocycles. The molecule has 0 N–H and O–H groups in total. The highest BCUT2D eigenvalue weighted by Crippen LogP contribution is 2.53. The van der Waals surface area contributed by atoms with Crippen LogP contribution in [0.15, 0.2) is 371 Å². The van der Waals surface area contributed by atoms with E-state index in [0.717, 1.165) is 104 Å². The molecule has 0 atom stereocenters. The Hall–Kier alpha value is -12.8. The van der Waals surface area contributed by atoms with Gasteiger partial charge in [-0.25, -0.2) is 0 Å². The van der Waals surface area contributed by atoms with Gasteiger partial charge in [0.2, 0.25) is 0 Å². The van der Waals surface area contributed by atoms with Gasteiger partial charge in [-0.1, -0.05) is 322 Å². The van der Waals surface area contributed by atoms with Crippen molar-refractivity contribution in [3.05, 3.63) is 406 Å². The van der Waals surface area contributed by atoms with Crippen LogP contribution in [0.5, 0.6) is 0 Å². The Kier molecular flexibility index (Phi) is 18.6. The monoisotopic (exact) mass is 1560 g/mol. The Morgan fingerprint density at radius 3 is 1.13 bits per heavy atom. The van der Waals surface area contributed by atoms with E-state index in [2.05, 4.69) is 419 Å². The highest BCUT2D eigenvalue weighted by molar-refractivity contribution is 7.20. The minimum atomic E-state index is -2.89. The fourth-order valence-electron chi connectivity index (χ4n) is 19.8. The molecular weight excluding hydrogens is 1460 g/mol. The molecule has 118 heavy (non-hydrogen) atoms. The molecule has 2 aliphatic carbocycles. The zero-order valence-electron chi connectivity index (χ0n) is 69.0. The number of benzene rings is 16. The van der Waals surface area contributed by atoms with E-state index in [1.807, 2.05) is 0 Å². The number of hydrogen-bond donors (Lipinski definition) is 0. The molecule has 0 bridgehead atoms. The van der Waals surface area contributed by atoms with Crippen molar-refractivity contribution in [1.29, 1.82) is 0 Å². The van der Waals surface area contributed by atoms with Crippen molar-refractivity contribution in [3.8, 4) is 11.1 Å². The summed E-state index contributed by atoms with van der Waals surface area (Å²) in [5.41, 5.74) is 25.5. The molecule has 4 nitrogen and oxygen atoms in total. The van der Waals surface area contributed by atoms with Crippen molar-refractivity contribution in [3.63, 3.8) is 0 Å². The van der Waals surface area contributed by atoms with E-state index in [4.69, 9.17) is 8.83 Å². The topological polar surface area (TPSA) is 32.8 Å². The van der Waals surface area contributed by atoms with Gasteiger partial charge in [-0.05, 0) is 242 Å². The molecule has 0 amide bonds. The molecule has 20 rings (SSSR count).